The van der Waals surface area contributed by atoms with E-state index in [2.05, 4.69) is 49.4 Å². The quantitative estimate of drug-likeness (QED) is 0.619. The second-order valence-electron chi connectivity index (χ2n) is 3.81. The van der Waals surface area contributed by atoms with Crippen molar-refractivity contribution in [2.24, 2.45) is 0 Å². The van der Waals surface area contributed by atoms with Gasteiger partial charge < -0.3 is 4.57 Å². The Kier molecular flexibility index (Phi) is 4.60. The average molecular weight is 324 g/mol. The SMILES string of the molecule is C=CCn1c(C)nnc1SCc1ccccc1Br. The minimum atomic E-state index is 0.747. The van der Waals surface area contributed by atoms with E-state index in [1.165, 1.54) is 5.56 Å². The van der Waals surface area contributed by atoms with Gasteiger partial charge in [0.25, 0.3) is 0 Å². The molecule has 0 saturated heterocycles. The molecule has 0 atom stereocenters. The van der Waals surface area contributed by atoms with Crippen molar-refractivity contribution >= 4 is 27.7 Å². The minimum Gasteiger partial charge on any atom is -0.302 e. The molecule has 1 aromatic heterocycles. The number of halogens is 1. The zero-order chi connectivity index (χ0) is 13.0. The van der Waals surface area contributed by atoms with Crippen LogP contribution in [0.15, 0.2) is 46.5 Å². The summed E-state index contributed by atoms with van der Waals surface area (Å²) < 4.78 is 3.19. The first-order valence-corrected chi connectivity index (χ1v) is 7.37. The van der Waals surface area contributed by atoms with E-state index in [1.807, 2.05) is 25.1 Å². The fraction of sp³-hybridized carbons (Fsp3) is 0.231. The van der Waals surface area contributed by atoms with Crippen LogP contribution in [0.5, 0.6) is 0 Å². The molecule has 1 heterocycles. The fourth-order valence-electron chi connectivity index (χ4n) is 1.57. The molecule has 0 aliphatic heterocycles. The summed E-state index contributed by atoms with van der Waals surface area (Å²) in [5, 5.41) is 9.23. The van der Waals surface area contributed by atoms with Crippen LogP contribution in [-0.4, -0.2) is 14.8 Å². The molecule has 2 rings (SSSR count). The number of hydrogen-bond acceptors (Lipinski definition) is 3. The van der Waals surface area contributed by atoms with Gasteiger partial charge in [0.2, 0.25) is 0 Å². The summed E-state index contributed by atoms with van der Waals surface area (Å²) in [5.41, 5.74) is 1.26. The van der Waals surface area contributed by atoms with E-state index in [1.54, 1.807) is 11.8 Å². The van der Waals surface area contributed by atoms with Gasteiger partial charge >= 0.3 is 0 Å². The molecule has 1 aromatic carbocycles. The highest BCUT2D eigenvalue weighted by Crippen LogP contribution is 2.26. The minimum absolute atomic E-state index is 0.747. The summed E-state index contributed by atoms with van der Waals surface area (Å²) in [5.74, 6) is 1.79. The standard InChI is InChI=1S/C13H14BrN3S/c1-3-8-17-10(2)15-16-13(17)18-9-11-6-4-5-7-12(11)14/h3-7H,1,8-9H2,2H3. The highest BCUT2D eigenvalue weighted by atomic mass is 79.9. The number of aryl methyl sites for hydroxylation is 1. The summed E-state index contributed by atoms with van der Waals surface area (Å²) >= 11 is 5.24. The van der Waals surface area contributed by atoms with Gasteiger partial charge in [-0.2, -0.15) is 0 Å². The van der Waals surface area contributed by atoms with Gasteiger partial charge in [-0.3, -0.25) is 0 Å². The van der Waals surface area contributed by atoms with Crippen molar-refractivity contribution in [1.29, 1.82) is 0 Å². The molecular formula is C13H14BrN3S. The molecule has 2 aromatic rings. The third kappa shape index (κ3) is 3.03. The number of aromatic nitrogens is 3. The lowest BCUT2D eigenvalue weighted by Crippen LogP contribution is -2.00. The van der Waals surface area contributed by atoms with Crippen LogP contribution >= 0.6 is 27.7 Å². The lowest BCUT2D eigenvalue weighted by molar-refractivity contribution is 0.703. The van der Waals surface area contributed by atoms with E-state index >= 15 is 0 Å². The van der Waals surface area contributed by atoms with Crippen LogP contribution < -0.4 is 0 Å². The molecule has 18 heavy (non-hydrogen) atoms. The summed E-state index contributed by atoms with van der Waals surface area (Å²) in [6.07, 6.45) is 1.86. The number of allylic oxidation sites excluding steroid dienone is 1. The van der Waals surface area contributed by atoms with Crippen LogP contribution in [0.4, 0.5) is 0 Å². The van der Waals surface area contributed by atoms with E-state index in [-0.39, 0.29) is 0 Å². The van der Waals surface area contributed by atoms with Gasteiger partial charge in [-0.05, 0) is 18.6 Å². The molecule has 5 heteroatoms. The van der Waals surface area contributed by atoms with Gasteiger partial charge in [0, 0.05) is 16.8 Å². The average Bonchev–Trinajstić information content (AvgIpc) is 2.71. The molecule has 94 valence electrons. The molecule has 0 bridgehead atoms. The van der Waals surface area contributed by atoms with E-state index < -0.39 is 0 Å². The first-order valence-electron chi connectivity index (χ1n) is 5.59. The second-order valence-corrected chi connectivity index (χ2v) is 5.61. The highest BCUT2D eigenvalue weighted by Gasteiger charge is 2.09. The zero-order valence-corrected chi connectivity index (χ0v) is 12.5. The van der Waals surface area contributed by atoms with Crippen LogP contribution in [0.1, 0.15) is 11.4 Å². The van der Waals surface area contributed by atoms with Crippen molar-refractivity contribution in [2.45, 2.75) is 24.4 Å². The van der Waals surface area contributed by atoms with Crippen molar-refractivity contribution in [3.05, 3.63) is 52.8 Å². The van der Waals surface area contributed by atoms with Crippen LogP contribution in [0.2, 0.25) is 0 Å². The molecule has 0 fully saturated rings. The monoisotopic (exact) mass is 323 g/mol. The van der Waals surface area contributed by atoms with Crippen LogP contribution in [-0.2, 0) is 12.3 Å². The Morgan fingerprint density at radius 3 is 2.89 bits per heavy atom. The summed E-state index contributed by atoms with van der Waals surface area (Å²) in [6, 6.07) is 8.22. The molecule has 3 nitrogen and oxygen atoms in total. The van der Waals surface area contributed by atoms with Crippen LogP contribution in [0, 0.1) is 6.92 Å². The van der Waals surface area contributed by atoms with Crippen molar-refractivity contribution < 1.29 is 0 Å². The van der Waals surface area contributed by atoms with Gasteiger partial charge in [-0.25, -0.2) is 0 Å². The zero-order valence-electron chi connectivity index (χ0n) is 10.1. The molecule has 0 saturated carbocycles. The van der Waals surface area contributed by atoms with E-state index in [4.69, 9.17) is 0 Å². The predicted octanol–water partition coefficient (Wildman–Crippen LogP) is 3.83. The molecule has 0 aliphatic carbocycles. The molecule has 0 radical (unpaired) electrons. The van der Waals surface area contributed by atoms with E-state index in [0.29, 0.717) is 0 Å². The van der Waals surface area contributed by atoms with Crippen LogP contribution in [0.25, 0.3) is 0 Å². The first kappa shape index (κ1) is 13.4. The topological polar surface area (TPSA) is 30.7 Å². The maximum Gasteiger partial charge on any atom is 0.191 e. The Labute approximate surface area is 119 Å². The Morgan fingerprint density at radius 2 is 2.17 bits per heavy atom. The van der Waals surface area contributed by atoms with Crippen molar-refractivity contribution in [3.8, 4) is 0 Å². The second kappa shape index (κ2) is 6.20. The van der Waals surface area contributed by atoms with Crippen molar-refractivity contribution in [1.82, 2.24) is 14.8 Å². The highest BCUT2D eigenvalue weighted by molar-refractivity contribution is 9.10. The number of rotatable bonds is 5. The van der Waals surface area contributed by atoms with Gasteiger partial charge in [0.05, 0.1) is 0 Å². The molecule has 0 amide bonds. The normalized spacial score (nSPS) is 10.6. The first-order chi connectivity index (χ1) is 8.72. The molecule has 0 unspecified atom stereocenters. The Balaban J connectivity index is 2.11. The Bertz CT molecular complexity index is 551. The Morgan fingerprint density at radius 1 is 1.39 bits per heavy atom. The molecule has 0 N–H and O–H groups in total. The summed E-state index contributed by atoms with van der Waals surface area (Å²) in [7, 11) is 0. The van der Waals surface area contributed by atoms with Crippen LogP contribution in [0.3, 0.4) is 0 Å². The number of thioether (sulfide) groups is 1. The molecule has 0 spiro atoms. The van der Waals surface area contributed by atoms with Gasteiger partial charge in [0.1, 0.15) is 5.82 Å². The maximum atomic E-state index is 4.19. The lowest BCUT2D eigenvalue weighted by Gasteiger charge is -2.06. The van der Waals surface area contributed by atoms with Gasteiger partial charge in [-0.15, -0.1) is 16.8 Å². The van der Waals surface area contributed by atoms with Crippen molar-refractivity contribution in [3.63, 3.8) is 0 Å². The Hall–Kier alpha value is -1.07. The number of nitrogens with zero attached hydrogens (tertiary/aromatic N) is 3. The van der Waals surface area contributed by atoms with Gasteiger partial charge in [-0.1, -0.05) is 52.0 Å². The third-order valence-corrected chi connectivity index (χ3v) is 4.32. The van der Waals surface area contributed by atoms with Crippen molar-refractivity contribution in [2.75, 3.05) is 0 Å². The third-order valence-electron chi connectivity index (χ3n) is 2.53. The molecular weight excluding hydrogens is 310 g/mol. The number of hydrogen-bond donors (Lipinski definition) is 0. The lowest BCUT2D eigenvalue weighted by atomic mass is 10.2. The fourth-order valence-corrected chi connectivity index (χ4v) is 3.17. The maximum absolute atomic E-state index is 4.19. The van der Waals surface area contributed by atoms with E-state index in [9.17, 15) is 0 Å². The predicted molar refractivity (Wildman–Crippen MR) is 78.7 cm³/mol. The summed E-state index contributed by atoms with van der Waals surface area (Å²) in [4.78, 5) is 0. The molecule has 0 aliphatic rings. The number of benzene rings is 1. The smallest absolute Gasteiger partial charge is 0.191 e. The largest absolute Gasteiger partial charge is 0.302 e. The van der Waals surface area contributed by atoms with E-state index in [0.717, 1.165) is 27.8 Å². The summed E-state index contributed by atoms with van der Waals surface area (Å²) in [6.45, 7) is 6.46. The van der Waals surface area contributed by atoms with Gasteiger partial charge in [0.15, 0.2) is 5.16 Å².